The van der Waals surface area contributed by atoms with E-state index in [-0.39, 0.29) is 30.1 Å². The van der Waals surface area contributed by atoms with Crippen LogP contribution in [0.25, 0.3) is 0 Å². The van der Waals surface area contributed by atoms with E-state index in [1.165, 1.54) is 14.0 Å². The Kier molecular flexibility index (Phi) is 11.5. The van der Waals surface area contributed by atoms with Crippen LogP contribution in [0.1, 0.15) is 76.3 Å². The number of benzene rings is 1. The minimum absolute atomic E-state index is 0.0251. The van der Waals surface area contributed by atoms with Crippen LogP contribution in [0.15, 0.2) is 35.7 Å². The molecule has 0 aliphatic carbocycles. The summed E-state index contributed by atoms with van der Waals surface area (Å²) in [6.07, 6.45) is 9.58. The molecule has 1 aromatic rings. The summed E-state index contributed by atoms with van der Waals surface area (Å²) in [6.45, 7) is 5.08. The Bertz CT molecular complexity index is 1050. The molecule has 9 nitrogen and oxygen atoms in total. The minimum Gasteiger partial charge on any atom is -0.504 e. The van der Waals surface area contributed by atoms with Gasteiger partial charge in [-0.05, 0) is 54.9 Å². The number of likely N-dealkylation sites (tertiary alicyclic amines) is 1. The summed E-state index contributed by atoms with van der Waals surface area (Å²) in [6, 6.07) is 3.66. The van der Waals surface area contributed by atoms with Gasteiger partial charge in [-0.1, -0.05) is 38.3 Å². The number of phenols is 1. The van der Waals surface area contributed by atoms with Crippen molar-refractivity contribution < 1.29 is 29.3 Å². The number of aliphatic hydroxyl groups is 1. The van der Waals surface area contributed by atoms with Gasteiger partial charge in [0.05, 0.1) is 19.0 Å². The van der Waals surface area contributed by atoms with Gasteiger partial charge in [0.1, 0.15) is 6.10 Å². The fourth-order valence-electron chi connectivity index (χ4n) is 5.42. The van der Waals surface area contributed by atoms with Gasteiger partial charge in [0.25, 0.3) is 0 Å². The molecule has 5 N–H and O–H groups in total. The maximum Gasteiger partial charge on any atom is 0.302 e. The molecule has 0 aromatic heterocycles. The number of aliphatic hydroxyl groups excluding tert-OH is 1. The number of nitrogens with zero attached hydrogens (tertiary/aromatic N) is 1. The van der Waals surface area contributed by atoms with Crippen LogP contribution in [-0.2, 0) is 27.3 Å². The molecule has 2 aliphatic rings. The van der Waals surface area contributed by atoms with Crippen LogP contribution >= 0.6 is 0 Å². The molecule has 3 rings (SSSR count). The van der Waals surface area contributed by atoms with Crippen molar-refractivity contribution >= 4 is 11.9 Å². The second kappa shape index (κ2) is 14.8. The highest BCUT2D eigenvalue weighted by molar-refractivity contribution is 5.79. The van der Waals surface area contributed by atoms with Crippen LogP contribution in [-0.4, -0.2) is 59.4 Å². The summed E-state index contributed by atoms with van der Waals surface area (Å²) in [4.78, 5) is 26.3. The zero-order chi connectivity index (χ0) is 28.4. The summed E-state index contributed by atoms with van der Waals surface area (Å²) >= 11 is 0. The van der Waals surface area contributed by atoms with Crippen LogP contribution in [0.4, 0.5) is 0 Å². The third kappa shape index (κ3) is 9.49. The molecular weight excluding hydrogens is 498 g/mol. The topological polar surface area (TPSA) is 134 Å². The molecule has 3 atom stereocenters. The number of aromatic hydroxyl groups is 1. The Morgan fingerprint density at radius 3 is 2.77 bits per heavy atom. The zero-order valence-electron chi connectivity index (χ0n) is 23.6. The number of aryl methyl sites for hydroxylation is 1. The van der Waals surface area contributed by atoms with Crippen molar-refractivity contribution in [3.63, 3.8) is 0 Å². The molecule has 1 aromatic carbocycles. The van der Waals surface area contributed by atoms with E-state index in [2.05, 4.69) is 18.3 Å². The number of carbonyl (C=O) groups is 2. The first-order valence-corrected chi connectivity index (χ1v) is 14.1. The number of dihydropyridines is 1. The number of nitrogens with two attached hydrogens (primary N) is 1. The van der Waals surface area contributed by atoms with E-state index in [9.17, 15) is 19.8 Å². The Balaban J connectivity index is 1.65. The zero-order valence-corrected chi connectivity index (χ0v) is 23.6. The van der Waals surface area contributed by atoms with Crippen LogP contribution in [0.3, 0.4) is 0 Å². The van der Waals surface area contributed by atoms with Crippen molar-refractivity contribution in [2.24, 2.45) is 11.7 Å². The Labute approximate surface area is 232 Å². The third-order valence-corrected chi connectivity index (χ3v) is 7.39. The second-order valence-corrected chi connectivity index (χ2v) is 10.8. The van der Waals surface area contributed by atoms with Gasteiger partial charge < -0.3 is 35.6 Å². The molecule has 0 radical (unpaired) electrons. The number of hydrogen-bond donors (Lipinski definition) is 4. The smallest absolute Gasteiger partial charge is 0.302 e. The van der Waals surface area contributed by atoms with Gasteiger partial charge >= 0.3 is 5.97 Å². The first-order chi connectivity index (χ1) is 18.7. The van der Waals surface area contributed by atoms with E-state index < -0.39 is 12.2 Å². The molecule has 39 heavy (non-hydrogen) atoms. The maximum atomic E-state index is 12.8. The van der Waals surface area contributed by atoms with Gasteiger partial charge in [-0.25, -0.2) is 0 Å². The summed E-state index contributed by atoms with van der Waals surface area (Å²) in [5.41, 5.74) is 8.54. The highest BCUT2D eigenvalue weighted by Gasteiger charge is 2.31. The fourth-order valence-corrected chi connectivity index (χ4v) is 5.42. The molecule has 0 bridgehead atoms. The predicted molar refractivity (Wildman–Crippen MR) is 150 cm³/mol. The monoisotopic (exact) mass is 543 g/mol. The lowest BCUT2D eigenvalue weighted by molar-refractivity contribution is -0.148. The summed E-state index contributed by atoms with van der Waals surface area (Å²) in [7, 11) is 1.50. The number of ether oxygens (including phenoxy) is 2. The highest BCUT2D eigenvalue weighted by Crippen LogP contribution is 2.35. The number of unbranched alkanes of at least 4 members (excludes halogenated alkanes) is 2. The predicted octanol–water partition coefficient (Wildman–Crippen LogP) is 3.66. The summed E-state index contributed by atoms with van der Waals surface area (Å²) in [5.74, 6) is 0.885. The van der Waals surface area contributed by atoms with Gasteiger partial charge in [0, 0.05) is 45.0 Å². The molecule has 2 heterocycles. The average molecular weight is 544 g/mol. The van der Waals surface area contributed by atoms with E-state index in [0.29, 0.717) is 62.3 Å². The van der Waals surface area contributed by atoms with E-state index in [4.69, 9.17) is 15.2 Å². The molecule has 1 saturated heterocycles. The lowest BCUT2D eigenvalue weighted by Crippen LogP contribution is -2.25. The number of rotatable bonds is 15. The normalized spacial score (nSPS) is 18.7. The van der Waals surface area contributed by atoms with Gasteiger partial charge in [-0.3, -0.25) is 9.59 Å². The molecule has 1 amide bonds. The Morgan fingerprint density at radius 2 is 2.08 bits per heavy atom. The number of allylic oxidation sites excluding steroid dienone is 2. The maximum absolute atomic E-state index is 12.8. The van der Waals surface area contributed by atoms with Crippen LogP contribution in [0.5, 0.6) is 11.5 Å². The van der Waals surface area contributed by atoms with Crippen molar-refractivity contribution in [1.29, 1.82) is 0 Å². The average Bonchev–Trinajstić information content (AvgIpc) is 3.22. The Morgan fingerprint density at radius 1 is 1.28 bits per heavy atom. The minimum atomic E-state index is -0.521. The molecule has 0 spiro atoms. The second-order valence-electron chi connectivity index (χ2n) is 10.8. The number of nitrogens with one attached hydrogen (secondary N) is 1. The number of carbonyl (C=O) groups excluding carboxylic acids is 2. The standard InChI is InChI=1S/C30H45N3O6/c1-4-5-6-7-25(35)17-26(39-20(2)34)9-8-21-13-24(30(37)27(14-21)38-3)19-33-18-23(16-29(33)36)12-22-10-11-32-28(31)15-22/h10,13-15,23,25-26,32,35,37H,4-9,11-12,16-19,31H2,1-3H3/t23-,25-,26+/m0/s1. The van der Waals surface area contributed by atoms with Crippen LogP contribution in [0, 0.1) is 5.92 Å². The van der Waals surface area contributed by atoms with Crippen molar-refractivity contribution in [2.75, 3.05) is 20.2 Å². The van der Waals surface area contributed by atoms with Crippen molar-refractivity contribution in [3.05, 3.63) is 46.8 Å². The number of amides is 1. The highest BCUT2D eigenvalue weighted by atomic mass is 16.5. The molecule has 216 valence electrons. The fraction of sp³-hybridized carbons (Fsp3) is 0.600. The molecule has 2 aliphatic heterocycles. The van der Waals surface area contributed by atoms with E-state index >= 15 is 0 Å². The first-order valence-electron chi connectivity index (χ1n) is 14.1. The van der Waals surface area contributed by atoms with Crippen molar-refractivity contribution in [3.8, 4) is 11.5 Å². The number of phenolic OH excluding ortho intramolecular Hbond substituents is 1. The molecule has 0 saturated carbocycles. The first kappa shape index (κ1) is 30.3. The SMILES string of the molecule is CCCCC[C@H](O)C[C@@H](CCc1cc(CN2C[C@@H](CC3=CCNC(N)=C3)CC2=O)c(O)c(OC)c1)OC(C)=O. The molecule has 1 fully saturated rings. The number of hydrogen-bond acceptors (Lipinski definition) is 8. The van der Waals surface area contributed by atoms with Crippen molar-refractivity contribution in [2.45, 2.75) is 90.4 Å². The molecule has 9 heteroatoms. The largest absolute Gasteiger partial charge is 0.504 e. The van der Waals surface area contributed by atoms with Crippen LogP contribution < -0.4 is 15.8 Å². The van der Waals surface area contributed by atoms with Gasteiger partial charge in [-0.15, -0.1) is 0 Å². The van der Waals surface area contributed by atoms with Gasteiger partial charge in [0.15, 0.2) is 11.5 Å². The summed E-state index contributed by atoms with van der Waals surface area (Å²) in [5, 5.41) is 24.3. The Hall–Kier alpha value is -3.20. The van der Waals surface area contributed by atoms with E-state index in [1.807, 2.05) is 12.1 Å². The van der Waals surface area contributed by atoms with E-state index in [0.717, 1.165) is 36.8 Å². The van der Waals surface area contributed by atoms with Crippen molar-refractivity contribution in [1.82, 2.24) is 10.2 Å². The number of methoxy groups -OCH3 is 1. The third-order valence-electron chi connectivity index (χ3n) is 7.39. The summed E-state index contributed by atoms with van der Waals surface area (Å²) < 4.78 is 10.9. The lowest BCUT2D eigenvalue weighted by atomic mass is 9.97. The van der Waals surface area contributed by atoms with Gasteiger partial charge in [-0.2, -0.15) is 0 Å². The van der Waals surface area contributed by atoms with Crippen LogP contribution in [0.2, 0.25) is 0 Å². The van der Waals surface area contributed by atoms with E-state index in [1.54, 1.807) is 11.0 Å². The number of esters is 1. The quantitative estimate of drug-likeness (QED) is 0.195. The molecule has 0 unspecified atom stereocenters. The molecular formula is C30H45N3O6. The lowest BCUT2D eigenvalue weighted by Gasteiger charge is -2.22. The van der Waals surface area contributed by atoms with Gasteiger partial charge in [0.2, 0.25) is 5.91 Å².